The van der Waals surface area contributed by atoms with Crippen molar-refractivity contribution in [3.8, 4) is 0 Å². The van der Waals surface area contributed by atoms with Crippen LogP contribution in [0.1, 0.15) is 31.4 Å². The Balaban J connectivity index is 2.78. The summed E-state index contributed by atoms with van der Waals surface area (Å²) in [7, 11) is 0. The van der Waals surface area contributed by atoms with Crippen LogP contribution in [0.3, 0.4) is 0 Å². The summed E-state index contributed by atoms with van der Waals surface area (Å²) in [5, 5.41) is 12.5. The number of aliphatic hydroxyl groups excluding tert-OH is 1. The summed E-state index contributed by atoms with van der Waals surface area (Å²) in [4.78, 5) is 0. The van der Waals surface area contributed by atoms with Gasteiger partial charge in [0.1, 0.15) is 0 Å². The first kappa shape index (κ1) is 16.1. The minimum absolute atomic E-state index is 0.117. The molecule has 0 amide bonds. The third kappa shape index (κ3) is 4.63. The van der Waals surface area contributed by atoms with Crippen LogP contribution in [0, 0.1) is 0 Å². The molecule has 4 N–H and O–H groups in total. The van der Waals surface area contributed by atoms with Gasteiger partial charge in [-0.05, 0) is 62.4 Å². The van der Waals surface area contributed by atoms with E-state index in [1.165, 1.54) is 0 Å². The highest BCUT2D eigenvalue weighted by atomic mass is 79.9. The first-order chi connectivity index (χ1) is 8.62. The molecule has 0 aliphatic carbocycles. The first-order valence-corrected chi connectivity index (χ1v) is 7.72. The van der Waals surface area contributed by atoms with Gasteiger partial charge in [-0.3, -0.25) is 0 Å². The van der Waals surface area contributed by atoms with E-state index in [1.54, 1.807) is 0 Å². The second kappa shape index (κ2) is 8.27. The Morgan fingerprint density at radius 2 is 2.06 bits per heavy atom. The molecule has 0 aliphatic heterocycles. The molecule has 0 aliphatic rings. The molecular weight excluding hydrogens is 360 g/mol. The van der Waals surface area contributed by atoms with Crippen molar-refractivity contribution in [2.45, 2.75) is 31.8 Å². The largest absolute Gasteiger partial charge is 0.396 e. The zero-order valence-electron chi connectivity index (χ0n) is 10.5. The molecule has 0 bridgehead atoms. The van der Waals surface area contributed by atoms with Crippen molar-refractivity contribution in [1.82, 2.24) is 5.32 Å². The lowest BCUT2D eigenvalue weighted by molar-refractivity contribution is 0.256. The van der Waals surface area contributed by atoms with Gasteiger partial charge in [0.05, 0.1) is 0 Å². The molecule has 0 saturated heterocycles. The highest BCUT2D eigenvalue weighted by molar-refractivity contribution is 9.13. The molecule has 1 aromatic rings. The summed E-state index contributed by atoms with van der Waals surface area (Å²) in [5.41, 5.74) is 7.00. The molecule has 0 spiro atoms. The van der Waals surface area contributed by atoms with Crippen molar-refractivity contribution in [2.24, 2.45) is 5.73 Å². The molecule has 18 heavy (non-hydrogen) atoms. The molecule has 3 nitrogen and oxygen atoms in total. The number of nitrogens with two attached hydrogens (primary N) is 1. The first-order valence-electron chi connectivity index (χ1n) is 6.14. The maximum Gasteiger partial charge on any atom is 0.0447 e. The number of hydrogen-bond acceptors (Lipinski definition) is 3. The van der Waals surface area contributed by atoms with Crippen LogP contribution in [-0.2, 0) is 0 Å². The topological polar surface area (TPSA) is 58.3 Å². The summed E-state index contributed by atoms with van der Waals surface area (Å²) < 4.78 is 2.06. The van der Waals surface area contributed by atoms with Gasteiger partial charge in [-0.2, -0.15) is 0 Å². The standard InChI is InChI=1S/C13H20Br2N2O/c1-2-10(5-6-18)17-13(8-16)9-3-4-11(14)12(15)7-9/h3-4,7,10,13,17-18H,2,5-6,8,16H2,1H3. The van der Waals surface area contributed by atoms with E-state index >= 15 is 0 Å². The molecule has 1 rings (SSSR count). The minimum atomic E-state index is 0.117. The van der Waals surface area contributed by atoms with Crippen molar-refractivity contribution in [3.05, 3.63) is 32.7 Å². The fourth-order valence-electron chi connectivity index (χ4n) is 1.88. The number of benzene rings is 1. The summed E-state index contributed by atoms with van der Waals surface area (Å²) in [5.74, 6) is 0. The average Bonchev–Trinajstić information content (AvgIpc) is 2.38. The van der Waals surface area contributed by atoms with Gasteiger partial charge in [0.15, 0.2) is 0 Å². The highest BCUT2D eigenvalue weighted by Crippen LogP contribution is 2.26. The Morgan fingerprint density at radius 3 is 2.56 bits per heavy atom. The molecular formula is C13H20Br2N2O. The second-order valence-corrected chi connectivity index (χ2v) is 5.95. The lowest BCUT2D eigenvalue weighted by atomic mass is 10.0. The van der Waals surface area contributed by atoms with Gasteiger partial charge in [-0.1, -0.05) is 13.0 Å². The van der Waals surface area contributed by atoms with Crippen LogP contribution in [0.4, 0.5) is 0 Å². The summed E-state index contributed by atoms with van der Waals surface area (Å²) in [6.07, 6.45) is 1.74. The quantitative estimate of drug-likeness (QED) is 0.682. The van der Waals surface area contributed by atoms with Crippen LogP contribution >= 0.6 is 31.9 Å². The van der Waals surface area contributed by atoms with Crippen molar-refractivity contribution in [2.75, 3.05) is 13.2 Å². The molecule has 0 saturated carbocycles. The Kier molecular flexibility index (Phi) is 7.41. The SMILES string of the molecule is CCC(CCO)NC(CN)c1ccc(Br)c(Br)c1. The molecule has 0 fully saturated rings. The van der Waals surface area contributed by atoms with Gasteiger partial charge in [0.2, 0.25) is 0 Å². The average molecular weight is 380 g/mol. The molecule has 2 unspecified atom stereocenters. The number of aliphatic hydroxyl groups is 1. The maximum atomic E-state index is 9.02. The van der Waals surface area contributed by atoms with Gasteiger partial charge in [0.25, 0.3) is 0 Å². The Hall–Kier alpha value is 0.0600. The van der Waals surface area contributed by atoms with Crippen LogP contribution in [0.2, 0.25) is 0 Å². The summed E-state index contributed by atoms with van der Waals surface area (Å²) in [6, 6.07) is 6.55. The molecule has 0 aromatic heterocycles. The Bertz CT molecular complexity index is 374. The smallest absolute Gasteiger partial charge is 0.0447 e. The number of hydrogen-bond donors (Lipinski definition) is 3. The molecule has 5 heteroatoms. The Labute approximate surface area is 125 Å². The van der Waals surface area contributed by atoms with Gasteiger partial charge >= 0.3 is 0 Å². The molecule has 0 radical (unpaired) electrons. The van der Waals surface area contributed by atoms with Gasteiger partial charge in [-0.15, -0.1) is 0 Å². The van der Waals surface area contributed by atoms with Crippen LogP contribution < -0.4 is 11.1 Å². The van der Waals surface area contributed by atoms with Crippen molar-refractivity contribution in [1.29, 1.82) is 0 Å². The fourth-order valence-corrected chi connectivity index (χ4v) is 2.52. The van der Waals surface area contributed by atoms with Gasteiger partial charge in [0, 0.05) is 34.2 Å². The van der Waals surface area contributed by atoms with E-state index in [-0.39, 0.29) is 12.6 Å². The van der Waals surface area contributed by atoms with Crippen molar-refractivity contribution >= 4 is 31.9 Å². The third-order valence-corrected chi connectivity index (χ3v) is 4.87. The van der Waals surface area contributed by atoms with E-state index in [4.69, 9.17) is 10.8 Å². The van der Waals surface area contributed by atoms with Gasteiger partial charge in [-0.25, -0.2) is 0 Å². The third-order valence-electron chi connectivity index (χ3n) is 2.99. The van der Waals surface area contributed by atoms with Crippen molar-refractivity contribution in [3.63, 3.8) is 0 Å². The lowest BCUT2D eigenvalue weighted by Gasteiger charge is -2.24. The minimum Gasteiger partial charge on any atom is -0.396 e. The maximum absolute atomic E-state index is 9.02. The number of rotatable bonds is 7. The molecule has 1 aromatic carbocycles. The zero-order valence-corrected chi connectivity index (χ0v) is 13.7. The lowest BCUT2D eigenvalue weighted by Crippen LogP contribution is -2.37. The highest BCUT2D eigenvalue weighted by Gasteiger charge is 2.15. The van der Waals surface area contributed by atoms with E-state index in [0.29, 0.717) is 12.6 Å². The van der Waals surface area contributed by atoms with Crippen LogP contribution in [0.5, 0.6) is 0 Å². The molecule has 0 heterocycles. The predicted octanol–water partition coefficient (Wildman–Crippen LogP) is 2.96. The molecule has 102 valence electrons. The van der Waals surface area contributed by atoms with Crippen LogP contribution in [0.25, 0.3) is 0 Å². The van der Waals surface area contributed by atoms with Crippen LogP contribution in [-0.4, -0.2) is 24.3 Å². The van der Waals surface area contributed by atoms with E-state index in [0.717, 1.165) is 27.4 Å². The van der Waals surface area contributed by atoms with E-state index in [9.17, 15) is 0 Å². The van der Waals surface area contributed by atoms with Crippen molar-refractivity contribution < 1.29 is 5.11 Å². The normalized spacial score (nSPS) is 14.5. The van der Waals surface area contributed by atoms with E-state index in [2.05, 4.69) is 56.2 Å². The van der Waals surface area contributed by atoms with E-state index in [1.807, 2.05) is 6.07 Å². The number of halogens is 2. The van der Waals surface area contributed by atoms with Crippen LogP contribution in [0.15, 0.2) is 27.1 Å². The predicted molar refractivity (Wildman–Crippen MR) is 82.6 cm³/mol. The number of nitrogens with one attached hydrogen (secondary N) is 1. The zero-order chi connectivity index (χ0) is 13.5. The Morgan fingerprint density at radius 1 is 1.33 bits per heavy atom. The molecule has 2 atom stereocenters. The monoisotopic (exact) mass is 378 g/mol. The summed E-state index contributed by atoms with van der Waals surface area (Å²) in [6.45, 7) is 2.85. The summed E-state index contributed by atoms with van der Waals surface area (Å²) >= 11 is 6.96. The second-order valence-electron chi connectivity index (χ2n) is 4.25. The van der Waals surface area contributed by atoms with E-state index < -0.39 is 0 Å². The fraction of sp³-hybridized carbons (Fsp3) is 0.538. The van der Waals surface area contributed by atoms with Gasteiger partial charge < -0.3 is 16.2 Å².